The minimum absolute atomic E-state index is 0.0845. The van der Waals surface area contributed by atoms with Gasteiger partial charge in [-0.25, -0.2) is 0 Å². The number of hydrogen-bond acceptors (Lipinski definition) is 4. The van der Waals surface area contributed by atoms with Crippen molar-refractivity contribution in [3.63, 3.8) is 0 Å². The molecule has 1 saturated heterocycles. The molecule has 1 aromatic heterocycles. The zero-order valence-corrected chi connectivity index (χ0v) is 14.0. The first-order valence-electron chi connectivity index (χ1n) is 8.43. The first-order valence-corrected chi connectivity index (χ1v) is 8.43. The summed E-state index contributed by atoms with van der Waals surface area (Å²) in [6.07, 6.45) is 3.56. The molecule has 0 aliphatic carbocycles. The van der Waals surface area contributed by atoms with E-state index in [2.05, 4.69) is 20.5 Å². The number of piperazine rings is 1. The molecule has 0 saturated carbocycles. The third kappa shape index (κ3) is 4.87. The van der Waals surface area contributed by atoms with E-state index in [9.17, 15) is 9.59 Å². The zero-order chi connectivity index (χ0) is 17.5. The molecule has 0 bridgehead atoms. The SMILES string of the molecule is O=C(CC1C(=O)NCCN1Cc1ccccc1)NCc1cccnc1. The Morgan fingerprint density at radius 3 is 2.76 bits per heavy atom. The molecule has 1 atom stereocenters. The van der Waals surface area contributed by atoms with Gasteiger partial charge in [-0.2, -0.15) is 0 Å². The van der Waals surface area contributed by atoms with Crippen molar-refractivity contribution in [3.05, 3.63) is 66.0 Å². The molecule has 2 heterocycles. The molecular weight excluding hydrogens is 316 g/mol. The molecule has 25 heavy (non-hydrogen) atoms. The largest absolute Gasteiger partial charge is 0.353 e. The van der Waals surface area contributed by atoms with Crippen LogP contribution in [0.15, 0.2) is 54.9 Å². The molecule has 2 amide bonds. The molecule has 1 aromatic carbocycles. The fourth-order valence-electron chi connectivity index (χ4n) is 2.94. The van der Waals surface area contributed by atoms with Gasteiger partial charge in [0.25, 0.3) is 0 Å². The van der Waals surface area contributed by atoms with Gasteiger partial charge >= 0.3 is 0 Å². The molecule has 2 N–H and O–H groups in total. The normalized spacial score (nSPS) is 17.8. The van der Waals surface area contributed by atoms with Gasteiger partial charge in [-0.15, -0.1) is 0 Å². The van der Waals surface area contributed by atoms with Crippen LogP contribution in [0.1, 0.15) is 17.5 Å². The molecule has 2 aromatic rings. The van der Waals surface area contributed by atoms with Crippen molar-refractivity contribution in [1.29, 1.82) is 0 Å². The van der Waals surface area contributed by atoms with E-state index in [-0.39, 0.29) is 18.2 Å². The van der Waals surface area contributed by atoms with E-state index in [4.69, 9.17) is 0 Å². The predicted octanol–water partition coefficient (Wildman–Crippen LogP) is 1.09. The van der Waals surface area contributed by atoms with Crippen LogP contribution >= 0.6 is 0 Å². The number of hydrogen-bond donors (Lipinski definition) is 2. The minimum Gasteiger partial charge on any atom is -0.353 e. The van der Waals surface area contributed by atoms with Crippen molar-refractivity contribution in [2.75, 3.05) is 13.1 Å². The fourth-order valence-corrected chi connectivity index (χ4v) is 2.94. The number of aromatic nitrogens is 1. The first kappa shape index (κ1) is 17.1. The number of pyridine rings is 1. The van der Waals surface area contributed by atoms with Gasteiger partial charge in [0.1, 0.15) is 0 Å². The molecule has 0 spiro atoms. The van der Waals surface area contributed by atoms with Crippen LogP contribution < -0.4 is 10.6 Å². The number of amides is 2. The number of carbonyl (C=O) groups is 2. The molecular formula is C19H22N4O2. The second-order valence-corrected chi connectivity index (χ2v) is 6.11. The number of benzene rings is 1. The summed E-state index contributed by atoms with van der Waals surface area (Å²) in [5.41, 5.74) is 2.07. The molecule has 3 rings (SSSR count). The topological polar surface area (TPSA) is 74.3 Å². The fraction of sp³-hybridized carbons (Fsp3) is 0.316. The molecule has 1 aliphatic rings. The van der Waals surface area contributed by atoms with Crippen LogP contribution in [-0.4, -0.2) is 40.8 Å². The summed E-state index contributed by atoms with van der Waals surface area (Å²) in [4.78, 5) is 30.6. The van der Waals surface area contributed by atoms with Crippen LogP contribution in [0.4, 0.5) is 0 Å². The van der Waals surface area contributed by atoms with E-state index in [1.165, 1.54) is 0 Å². The molecule has 1 unspecified atom stereocenters. The van der Waals surface area contributed by atoms with Crippen LogP contribution in [0.2, 0.25) is 0 Å². The average Bonchev–Trinajstić information content (AvgIpc) is 2.65. The maximum Gasteiger partial charge on any atom is 0.237 e. The van der Waals surface area contributed by atoms with Gasteiger partial charge in [0.05, 0.1) is 12.5 Å². The van der Waals surface area contributed by atoms with Gasteiger partial charge in [-0.05, 0) is 17.2 Å². The second kappa shape index (κ2) is 8.39. The second-order valence-electron chi connectivity index (χ2n) is 6.11. The lowest BCUT2D eigenvalue weighted by Gasteiger charge is -2.34. The van der Waals surface area contributed by atoms with E-state index < -0.39 is 6.04 Å². The zero-order valence-electron chi connectivity index (χ0n) is 14.0. The Labute approximate surface area is 147 Å². The van der Waals surface area contributed by atoms with Crippen LogP contribution in [0, 0.1) is 0 Å². The van der Waals surface area contributed by atoms with Crippen molar-refractivity contribution >= 4 is 11.8 Å². The molecule has 6 nitrogen and oxygen atoms in total. The monoisotopic (exact) mass is 338 g/mol. The summed E-state index contributed by atoms with van der Waals surface area (Å²) >= 11 is 0. The Hall–Kier alpha value is -2.73. The van der Waals surface area contributed by atoms with Gasteiger partial charge < -0.3 is 10.6 Å². The molecule has 0 radical (unpaired) electrons. The van der Waals surface area contributed by atoms with E-state index in [0.717, 1.165) is 17.7 Å². The third-order valence-corrected chi connectivity index (χ3v) is 4.26. The lowest BCUT2D eigenvalue weighted by molar-refractivity contribution is -0.134. The lowest BCUT2D eigenvalue weighted by Crippen LogP contribution is -2.56. The summed E-state index contributed by atoms with van der Waals surface area (Å²) in [5.74, 6) is -0.220. The summed E-state index contributed by atoms with van der Waals surface area (Å²) in [5, 5.41) is 5.72. The number of rotatable bonds is 6. The number of carbonyl (C=O) groups excluding carboxylic acids is 2. The number of nitrogens with zero attached hydrogens (tertiary/aromatic N) is 2. The van der Waals surface area contributed by atoms with E-state index >= 15 is 0 Å². The highest BCUT2D eigenvalue weighted by molar-refractivity contribution is 5.88. The summed E-state index contributed by atoms with van der Waals surface area (Å²) in [6, 6.07) is 13.3. The minimum atomic E-state index is -0.442. The highest BCUT2D eigenvalue weighted by Crippen LogP contribution is 2.14. The summed E-state index contributed by atoms with van der Waals surface area (Å²) in [7, 11) is 0. The highest BCUT2D eigenvalue weighted by atomic mass is 16.2. The van der Waals surface area contributed by atoms with E-state index in [0.29, 0.717) is 19.6 Å². The van der Waals surface area contributed by atoms with Gasteiger partial charge in [-0.3, -0.25) is 19.5 Å². The molecule has 130 valence electrons. The first-order chi connectivity index (χ1) is 12.2. The average molecular weight is 338 g/mol. The lowest BCUT2D eigenvalue weighted by atomic mass is 10.1. The Morgan fingerprint density at radius 1 is 1.20 bits per heavy atom. The van der Waals surface area contributed by atoms with Crippen LogP contribution in [0.5, 0.6) is 0 Å². The Balaban J connectivity index is 1.58. The Bertz CT molecular complexity index is 706. The highest BCUT2D eigenvalue weighted by Gasteiger charge is 2.31. The van der Waals surface area contributed by atoms with Crippen molar-refractivity contribution < 1.29 is 9.59 Å². The van der Waals surface area contributed by atoms with Crippen molar-refractivity contribution in [1.82, 2.24) is 20.5 Å². The van der Waals surface area contributed by atoms with Gasteiger partial charge in [0.2, 0.25) is 11.8 Å². The van der Waals surface area contributed by atoms with Crippen molar-refractivity contribution in [2.24, 2.45) is 0 Å². The van der Waals surface area contributed by atoms with Gasteiger partial charge in [0, 0.05) is 38.6 Å². The summed E-state index contributed by atoms with van der Waals surface area (Å²) < 4.78 is 0. The van der Waals surface area contributed by atoms with Gasteiger partial charge in [-0.1, -0.05) is 36.4 Å². The third-order valence-electron chi connectivity index (χ3n) is 4.26. The van der Waals surface area contributed by atoms with Crippen molar-refractivity contribution in [3.8, 4) is 0 Å². The maximum atomic E-state index is 12.3. The van der Waals surface area contributed by atoms with Gasteiger partial charge in [0.15, 0.2) is 0 Å². The Morgan fingerprint density at radius 2 is 2.00 bits per heavy atom. The molecule has 1 fully saturated rings. The standard InChI is InChI=1S/C19H22N4O2/c24-18(22-13-16-7-4-8-20-12-16)11-17-19(25)21-9-10-23(17)14-15-5-2-1-3-6-15/h1-8,12,17H,9-11,13-14H2,(H,21,25)(H,22,24). The van der Waals surface area contributed by atoms with Crippen molar-refractivity contribution in [2.45, 2.75) is 25.6 Å². The smallest absolute Gasteiger partial charge is 0.237 e. The quantitative estimate of drug-likeness (QED) is 0.827. The van der Waals surface area contributed by atoms with Crippen LogP contribution in [0.25, 0.3) is 0 Å². The summed E-state index contributed by atoms with van der Waals surface area (Å²) in [6.45, 7) is 2.43. The number of nitrogens with one attached hydrogen (secondary N) is 2. The molecule has 1 aliphatic heterocycles. The van der Waals surface area contributed by atoms with Crippen LogP contribution in [-0.2, 0) is 22.7 Å². The van der Waals surface area contributed by atoms with E-state index in [1.807, 2.05) is 42.5 Å². The maximum absolute atomic E-state index is 12.3. The molecule has 6 heteroatoms. The Kier molecular flexibility index (Phi) is 5.74. The van der Waals surface area contributed by atoms with Crippen LogP contribution in [0.3, 0.4) is 0 Å². The predicted molar refractivity (Wildman–Crippen MR) is 94.4 cm³/mol. The van der Waals surface area contributed by atoms with E-state index in [1.54, 1.807) is 12.4 Å².